The van der Waals surface area contributed by atoms with Crippen molar-refractivity contribution in [2.24, 2.45) is 0 Å². The van der Waals surface area contributed by atoms with Gasteiger partial charge in [0.2, 0.25) is 0 Å². The maximum absolute atomic E-state index is 5.71. The second-order valence-electron chi connectivity index (χ2n) is 3.11. The summed E-state index contributed by atoms with van der Waals surface area (Å²) in [7, 11) is 0. The Labute approximate surface area is 78.2 Å². The van der Waals surface area contributed by atoms with E-state index >= 15 is 0 Å². The molecule has 0 radical (unpaired) electrons. The Morgan fingerprint density at radius 1 is 1.25 bits per heavy atom. The summed E-state index contributed by atoms with van der Waals surface area (Å²) in [4.78, 5) is 0. The van der Waals surface area contributed by atoms with Crippen molar-refractivity contribution in [1.82, 2.24) is 0 Å². The van der Waals surface area contributed by atoms with Crippen LogP contribution in [0.2, 0.25) is 0 Å². The van der Waals surface area contributed by atoms with Gasteiger partial charge in [0.1, 0.15) is 0 Å². The van der Waals surface area contributed by atoms with E-state index in [2.05, 4.69) is 13.8 Å². The summed E-state index contributed by atoms with van der Waals surface area (Å²) < 4.78 is 14.0. The van der Waals surface area contributed by atoms with E-state index in [-0.39, 0.29) is 6.10 Å². The summed E-state index contributed by atoms with van der Waals surface area (Å²) in [6.07, 6.45) is 0.209. The van der Waals surface area contributed by atoms with Gasteiger partial charge in [-0.15, -0.1) is 0 Å². The van der Waals surface area contributed by atoms with Crippen LogP contribution < -0.4 is 9.47 Å². The quantitative estimate of drug-likeness (QED) is 0.630. The summed E-state index contributed by atoms with van der Waals surface area (Å²) in [5, 5.41) is 0. The molecule has 66 valence electrons. The molecule has 2 heterocycles. The molecule has 0 amide bonds. The van der Waals surface area contributed by atoms with E-state index in [0.29, 0.717) is 21.1 Å². The number of hydrogen-bond acceptors (Lipinski definition) is 2. The number of rotatable bonds is 0. The van der Waals surface area contributed by atoms with Crippen molar-refractivity contribution in [3.63, 3.8) is 0 Å². The molecule has 1 aliphatic heterocycles. The van der Waals surface area contributed by atoms with Crippen molar-refractivity contribution in [2.45, 2.75) is 26.9 Å². The van der Waals surface area contributed by atoms with Gasteiger partial charge in [0.25, 0.3) is 0 Å². The minimum atomic E-state index is 0.209. The summed E-state index contributed by atoms with van der Waals surface area (Å²) in [6.45, 7) is 7.00. The Kier molecular flexibility index (Phi) is 1.93. The zero-order chi connectivity index (χ0) is 8.72. The number of hydrogen-bond donors (Lipinski definition) is 0. The van der Waals surface area contributed by atoms with E-state index in [9.17, 15) is 0 Å². The van der Waals surface area contributed by atoms with Crippen LogP contribution in [0.1, 0.15) is 15.8 Å². The predicted molar refractivity (Wildman–Crippen MR) is 48.4 cm³/mol. The Hall–Kier alpha value is -0.401. The molecular weight excluding hydrogens is 219 g/mol. The summed E-state index contributed by atoms with van der Waals surface area (Å²) in [5.41, 5.74) is 0. The first kappa shape index (κ1) is 8.21. The average Bonchev–Trinajstić information content (AvgIpc) is 2.28. The van der Waals surface area contributed by atoms with Crippen LogP contribution in [0, 0.1) is 13.8 Å². The molecular formula is C9H12O2Se. The molecule has 0 fully saturated rings. The molecule has 2 rings (SSSR count). The van der Waals surface area contributed by atoms with Gasteiger partial charge in [-0.25, -0.2) is 0 Å². The standard InChI is InChI=1S/C9H12O2Se/c1-5-4-10-8-6(2)12-7(3)9(8)11-5/h5H,4H2,1-3H3. The van der Waals surface area contributed by atoms with Crippen LogP contribution in [0.25, 0.3) is 0 Å². The SMILES string of the molecule is Cc1[se]c(C)c2c1OCC(C)O2. The summed E-state index contributed by atoms with van der Waals surface area (Å²) in [6, 6.07) is 0. The molecule has 1 unspecified atom stereocenters. The van der Waals surface area contributed by atoms with Gasteiger partial charge in [0.05, 0.1) is 0 Å². The summed E-state index contributed by atoms with van der Waals surface area (Å²) >= 11 is 0.467. The fraction of sp³-hybridized carbons (Fsp3) is 0.556. The molecule has 1 aliphatic rings. The first-order valence-corrected chi connectivity index (χ1v) is 5.79. The zero-order valence-electron chi connectivity index (χ0n) is 7.51. The molecule has 0 aliphatic carbocycles. The molecule has 1 aromatic rings. The average molecular weight is 231 g/mol. The normalized spacial score (nSPS) is 21.1. The van der Waals surface area contributed by atoms with E-state index < -0.39 is 0 Å². The Balaban J connectivity index is 2.45. The number of ether oxygens (including phenoxy) is 2. The Morgan fingerprint density at radius 3 is 2.67 bits per heavy atom. The molecule has 1 aromatic heterocycles. The van der Waals surface area contributed by atoms with Crippen molar-refractivity contribution in [3.05, 3.63) is 8.87 Å². The zero-order valence-corrected chi connectivity index (χ0v) is 9.22. The third-order valence-electron chi connectivity index (χ3n) is 1.93. The van der Waals surface area contributed by atoms with Gasteiger partial charge in [-0.3, -0.25) is 0 Å². The van der Waals surface area contributed by atoms with E-state index in [1.165, 1.54) is 8.87 Å². The van der Waals surface area contributed by atoms with Crippen molar-refractivity contribution in [1.29, 1.82) is 0 Å². The van der Waals surface area contributed by atoms with Crippen LogP contribution >= 0.6 is 0 Å². The summed E-state index contributed by atoms with van der Waals surface area (Å²) in [5.74, 6) is 2.04. The predicted octanol–water partition coefficient (Wildman–Crippen LogP) is 1.52. The molecule has 1 atom stereocenters. The van der Waals surface area contributed by atoms with Crippen LogP contribution in [0.15, 0.2) is 0 Å². The number of fused-ring (bicyclic) bond motifs is 1. The maximum atomic E-state index is 5.71. The van der Waals surface area contributed by atoms with E-state index in [1.807, 2.05) is 6.92 Å². The van der Waals surface area contributed by atoms with Gasteiger partial charge in [0, 0.05) is 0 Å². The Bertz CT molecular complexity index is 304. The van der Waals surface area contributed by atoms with Crippen molar-refractivity contribution in [3.8, 4) is 11.5 Å². The molecule has 0 spiro atoms. The van der Waals surface area contributed by atoms with Crippen molar-refractivity contribution >= 4 is 14.5 Å². The number of aryl methyl sites for hydroxylation is 2. The first-order chi connectivity index (χ1) is 5.68. The van der Waals surface area contributed by atoms with Crippen LogP contribution in [-0.2, 0) is 0 Å². The van der Waals surface area contributed by atoms with Crippen molar-refractivity contribution in [2.75, 3.05) is 6.61 Å². The van der Waals surface area contributed by atoms with Gasteiger partial charge in [-0.1, -0.05) is 0 Å². The van der Waals surface area contributed by atoms with Crippen LogP contribution in [0.4, 0.5) is 0 Å². The third-order valence-corrected chi connectivity index (χ3v) is 4.00. The molecule has 12 heavy (non-hydrogen) atoms. The molecule has 0 aromatic carbocycles. The Morgan fingerprint density at radius 2 is 1.92 bits per heavy atom. The monoisotopic (exact) mass is 232 g/mol. The molecule has 2 nitrogen and oxygen atoms in total. The van der Waals surface area contributed by atoms with Gasteiger partial charge in [-0.2, -0.15) is 0 Å². The van der Waals surface area contributed by atoms with E-state index in [1.54, 1.807) is 0 Å². The molecule has 3 heteroatoms. The topological polar surface area (TPSA) is 18.5 Å². The second-order valence-corrected chi connectivity index (χ2v) is 6.11. The van der Waals surface area contributed by atoms with Gasteiger partial charge >= 0.3 is 77.8 Å². The molecule has 0 saturated heterocycles. The fourth-order valence-electron chi connectivity index (χ4n) is 1.38. The minimum absolute atomic E-state index is 0.209. The molecule has 0 N–H and O–H groups in total. The fourth-order valence-corrected chi connectivity index (χ4v) is 3.35. The van der Waals surface area contributed by atoms with Crippen LogP contribution in [0.5, 0.6) is 11.5 Å². The van der Waals surface area contributed by atoms with Crippen molar-refractivity contribution < 1.29 is 9.47 Å². The van der Waals surface area contributed by atoms with E-state index in [0.717, 1.165) is 11.5 Å². The third kappa shape index (κ3) is 1.17. The van der Waals surface area contributed by atoms with Gasteiger partial charge < -0.3 is 0 Å². The van der Waals surface area contributed by atoms with E-state index in [4.69, 9.17) is 9.47 Å². The molecule has 0 bridgehead atoms. The van der Waals surface area contributed by atoms with Crippen LogP contribution in [-0.4, -0.2) is 27.2 Å². The van der Waals surface area contributed by atoms with Gasteiger partial charge in [0.15, 0.2) is 0 Å². The van der Waals surface area contributed by atoms with Crippen LogP contribution in [0.3, 0.4) is 0 Å². The second kappa shape index (κ2) is 2.82. The molecule has 0 saturated carbocycles. The van der Waals surface area contributed by atoms with Gasteiger partial charge in [-0.05, 0) is 0 Å². The first-order valence-electron chi connectivity index (χ1n) is 4.08.